The van der Waals surface area contributed by atoms with Gasteiger partial charge in [0.2, 0.25) is 5.91 Å². The van der Waals surface area contributed by atoms with E-state index in [1.165, 1.54) is 5.69 Å². The Kier molecular flexibility index (Phi) is 3.59. The highest BCUT2D eigenvalue weighted by Crippen LogP contribution is 2.23. The summed E-state index contributed by atoms with van der Waals surface area (Å²) < 4.78 is 0. The van der Waals surface area contributed by atoms with Crippen molar-refractivity contribution in [1.29, 1.82) is 0 Å². The predicted molar refractivity (Wildman–Crippen MR) is 89.1 cm³/mol. The number of hydrogen-bond donors (Lipinski definition) is 1. The van der Waals surface area contributed by atoms with Crippen LogP contribution in [-0.4, -0.2) is 47.0 Å². The molecular weight excluding hydrogens is 276 g/mol. The number of aromatic amines is 1. The Morgan fingerprint density at radius 2 is 1.86 bits per heavy atom. The number of hydrogen-bond acceptors (Lipinski definition) is 3. The Morgan fingerprint density at radius 1 is 1.18 bits per heavy atom. The molecular formula is C17H24N4O. The molecule has 2 heterocycles. The Labute approximate surface area is 131 Å². The van der Waals surface area contributed by atoms with Gasteiger partial charge in [0.05, 0.1) is 11.0 Å². The summed E-state index contributed by atoms with van der Waals surface area (Å²) in [4.78, 5) is 24.4. The number of benzene rings is 1. The van der Waals surface area contributed by atoms with Crippen LogP contribution in [0.25, 0.3) is 11.0 Å². The van der Waals surface area contributed by atoms with Crippen molar-refractivity contribution in [2.45, 2.75) is 27.7 Å². The lowest BCUT2D eigenvalue weighted by atomic mass is 9.94. The van der Waals surface area contributed by atoms with E-state index in [-0.39, 0.29) is 11.3 Å². The second-order valence-corrected chi connectivity index (χ2v) is 7.05. The molecule has 1 aromatic carbocycles. The molecule has 1 fully saturated rings. The van der Waals surface area contributed by atoms with Crippen LogP contribution < -0.4 is 4.90 Å². The first-order chi connectivity index (χ1) is 10.3. The molecule has 118 valence electrons. The van der Waals surface area contributed by atoms with Gasteiger partial charge in [-0.05, 0) is 25.1 Å². The van der Waals surface area contributed by atoms with Crippen LogP contribution in [-0.2, 0) is 4.79 Å². The molecule has 2 aromatic rings. The number of carbonyl (C=O) groups is 1. The largest absolute Gasteiger partial charge is 0.368 e. The number of H-pyrrole nitrogens is 1. The average molecular weight is 300 g/mol. The zero-order chi connectivity index (χ0) is 15.9. The van der Waals surface area contributed by atoms with Gasteiger partial charge < -0.3 is 14.8 Å². The molecule has 5 nitrogen and oxygen atoms in total. The second kappa shape index (κ2) is 5.30. The third-order valence-electron chi connectivity index (χ3n) is 4.16. The van der Waals surface area contributed by atoms with Crippen LogP contribution in [0.4, 0.5) is 5.69 Å². The lowest BCUT2D eigenvalue weighted by molar-refractivity contribution is -0.139. The highest BCUT2D eigenvalue weighted by atomic mass is 16.2. The zero-order valence-corrected chi connectivity index (χ0v) is 13.8. The summed E-state index contributed by atoms with van der Waals surface area (Å²) in [5.41, 5.74) is 2.97. The molecule has 0 atom stereocenters. The van der Waals surface area contributed by atoms with Gasteiger partial charge in [0.15, 0.2) is 0 Å². The summed E-state index contributed by atoms with van der Waals surface area (Å²) >= 11 is 0. The molecule has 3 rings (SSSR count). The number of piperazine rings is 1. The number of aryl methyl sites for hydroxylation is 1. The molecule has 5 heteroatoms. The molecule has 1 aromatic heterocycles. The third kappa shape index (κ3) is 2.80. The van der Waals surface area contributed by atoms with E-state index >= 15 is 0 Å². The van der Waals surface area contributed by atoms with Crippen molar-refractivity contribution >= 4 is 22.6 Å². The SMILES string of the molecule is Cc1nc2ccc(N3CCN(C(=O)C(C)(C)C)CC3)cc2[nH]1. The van der Waals surface area contributed by atoms with Crippen molar-refractivity contribution in [3.8, 4) is 0 Å². The first kappa shape index (κ1) is 14.9. The topological polar surface area (TPSA) is 52.2 Å². The van der Waals surface area contributed by atoms with Crippen molar-refractivity contribution in [3.05, 3.63) is 24.0 Å². The zero-order valence-electron chi connectivity index (χ0n) is 13.8. The molecule has 0 radical (unpaired) electrons. The Bertz CT molecular complexity index is 690. The number of rotatable bonds is 1. The first-order valence-electron chi connectivity index (χ1n) is 7.85. The molecule has 1 N–H and O–H groups in total. The fourth-order valence-corrected chi connectivity index (χ4v) is 2.96. The van der Waals surface area contributed by atoms with Gasteiger partial charge in [0.25, 0.3) is 0 Å². The standard InChI is InChI=1S/C17H24N4O/c1-12-18-14-6-5-13(11-15(14)19-12)20-7-9-21(10-8-20)16(22)17(2,3)4/h5-6,11H,7-10H2,1-4H3,(H,18,19). The van der Waals surface area contributed by atoms with E-state index in [1.54, 1.807) is 0 Å². The Morgan fingerprint density at radius 3 is 2.50 bits per heavy atom. The van der Waals surface area contributed by atoms with E-state index in [4.69, 9.17) is 0 Å². The molecule has 0 aliphatic carbocycles. The Balaban J connectivity index is 1.71. The maximum absolute atomic E-state index is 12.3. The predicted octanol–water partition coefficient (Wildman–Crippen LogP) is 2.57. The lowest BCUT2D eigenvalue weighted by Gasteiger charge is -2.38. The number of fused-ring (bicyclic) bond motifs is 1. The molecule has 0 unspecified atom stereocenters. The van der Waals surface area contributed by atoms with Crippen molar-refractivity contribution in [2.24, 2.45) is 5.41 Å². The fraction of sp³-hybridized carbons (Fsp3) is 0.529. The van der Waals surface area contributed by atoms with E-state index in [9.17, 15) is 4.79 Å². The van der Waals surface area contributed by atoms with E-state index in [2.05, 4.69) is 33.1 Å². The van der Waals surface area contributed by atoms with Crippen LogP contribution >= 0.6 is 0 Å². The van der Waals surface area contributed by atoms with Gasteiger partial charge in [-0.1, -0.05) is 20.8 Å². The highest BCUT2D eigenvalue weighted by Gasteiger charge is 2.29. The molecule has 0 spiro atoms. The van der Waals surface area contributed by atoms with Crippen molar-refractivity contribution < 1.29 is 4.79 Å². The quantitative estimate of drug-likeness (QED) is 0.880. The molecule has 1 saturated heterocycles. The molecule has 1 aliphatic rings. The van der Waals surface area contributed by atoms with Crippen LogP contribution in [0.15, 0.2) is 18.2 Å². The first-order valence-corrected chi connectivity index (χ1v) is 7.85. The van der Waals surface area contributed by atoms with E-state index in [0.29, 0.717) is 0 Å². The van der Waals surface area contributed by atoms with Gasteiger partial charge in [0, 0.05) is 37.3 Å². The number of imidazole rings is 1. The summed E-state index contributed by atoms with van der Waals surface area (Å²) in [7, 11) is 0. The Hall–Kier alpha value is -2.04. The maximum atomic E-state index is 12.3. The van der Waals surface area contributed by atoms with Gasteiger partial charge in [-0.3, -0.25) is 4.79 Å². The summed E-state index contributed by atoms with van der Waals surface area (Å²) in [6, 6.07) is 6.32. The minimum absolute atomic E-state index is 0.242. The number of aromatic nitrogens is 2. The average Bonchev–Trinajstić information content (AvgIpc) is 2.84. The number of nitrogens with one attached hydrogen (secondary N) is 1. The normalized spacial score (nSPS) is 16.4. The van der Waals surface area contributed by atoms with Crippen LogP contribution in [0.3, 0.4) is 0 Å². The van der Waals surface area contributed by atoms with Gasteiger partial charge >= 0.3 is 0 Å². The van der Waals surface area contributed by atoms with E-state index in [0.717, 1.165) is 43.0 Å². The number of amides is 1. The molecule has 1 aliphatic heterocycles. The van der Waals surface area contributed by atoms with Crippen LogP contribution in [0, 0.1) is 12.3 Å². The van der Waals surface area contributed by atoms with Gasteiger partial charge in [-0.15, -0.1) is 0 Å². The molecule has 22 heavy (non-hydrogen) atoms. The van der Waals surface area contributed by atoms with Crippen LogP contribution in [0.1, 0.15) is 26.6 Å². The smallest absolute Gasteiger partial charge is 0.228 e. The van der Waals surface area contributed by atoms with Crippen molar-refractivity contribution in [2.75, 3.05) is 31.1 Å². The van der Waals surface area contributed by atoms with E-state index < -0.39 is 0 Å². The van der Waals surface area contributed by atoms with Gasteiger partial charge in [-0.25, -0.2) is 4.98 Å². The molecule has 1 amide bonds. The third-order valence-corrected chi connectivity index (χ3v) is 4.16. The number of carbonyl (C=O) groups excluding carboxylic acids is 1. The minimum atomic E-state index is -0.297. The van der Waals surface area contributed by atoms with Crippen molar-refractivity contribution in [3.63, 3.8) is 0 Å². The lowest BCUT2D eigenvalue weighted by Crippen LogP contribution is -2.51. The second-order valence-electron chi connectivity index (χ2n) is 7.05. The number of anilines is 1. The summed E-state index contributed by atoms with van der Waals surface area (Å²) in [6.07, 6.45) is 0. The fourth-order valence-electron chi connectivity index (χ4n) is 2.96. The maximum Gasteiger partial charge on any atom is 0.228 e. The van der Waals surface area contributed by atoms with Gasteiger partial charge in [0.1, 0.15) is 5.82 Å². The number of nitrogens with zero attached hydrogens (tertiary/aromatic N) is 3. The molecule has 0 saturated carbocycles. The summed E-state index contributed by atoms with van der Waals surface area (Å²) in [6.45, 7) is 11.2. The molecule has 0 bridgehead atoms. The van der Waals surface area contributed by atoms with E-state index in [1.807, 2.05) is 32.6 Å². The van der Waals surface area contributed by atoms with Crippen LogP contribution in [0.5, 0.6) is 0 Å². The van der Waals surface area contributed by atoms with Gasteiger partial charge in [-0.2, -0.15) is 0 Å². The monoisotopic (exact) mass is 300 g/mol. The van der Waals surface area contributed by atoms with Crippen LogP contribution in [0.2, 0.25) is 0 Å². The minimum Gasteiger partial charge on any atom is -0.368 e. The summed E-state index contributed by atoms with van der Waals surface area (Å²) in [5, 5.41) is 0. The van der Waals surface area contributed by atoms with Crippen molar-refractivity contribution in [1.82, 2.24) is 14.9 Å². The summed E-state index contributed by atoms with van der Waals surface area (Å²) in [5.74, 6) is 1.18. The highest BCUT2D eigenvalue weighted by molar-refractivity contribution is 5.82.